The van der Waals surface area contributed by atoms with Crippen LogP contribution in [-0.4, -0.2) is 50.4 Å². The highest BCUT2D eigenvalue weighted by Crippen LogP contribution is 2.33. The van der Waals surface area contributed by atoms with Crippen LogP contribution in [0.5, 0.6) is 0 Å². The summed E-state index contributed by atoms with van der Waals surface area (Å²) in [4.78, 5) is 14.8. The molecular formula is C21H19F2N7O. The van der Waals surface area contributed by atoms with Gasteiger partial charge in [-0.15, -0.1) is 5.10 Å². The average molecular weight is 423 g/mol. The van der Waals surface area contributed by atoms with Crippen LogP contribution < -0.4 is 10.6 Å². The quantitative estimate of drug-likeness (QED) is 0.541. The zero-order valence-corrected chi connectivity index (χ0v) is 16.4. The molecule has 2 aliphatic heterocycles. The molecule has 158 valence electrons. The van der Waals surface area contributed by atoms with Crippen molar-refractivity contribution in [1.29, 1.82) is 0 Å². The van der Waals surface area contributed by atoms with Crippen LogP contribution in [0.1, 0.15) is 18.5 Å². The monoisotopic (exact) mass is 423 g/mol. The maximum absolute atomic E-state index is 13.4. The van der Waals surface area contributed by atoms with Gasteiger partial charge in [-0.05, 0) is 24.6 Å². The van der Waals surface area contributed by atoms with Gasteiger partial charge in [-0.3, -0.25) is 4.98 Å². The Balaban J connectivity index is 1.43. The van der Waals surface area contributed by atoms with Crippen molar-refractivity contribution in [3.8, 4) is 11.4 Å². The molecule has 2 bridgehead atoms. The first kappa shape index (κ1) is 18.4. The maximum atomic E-state index is 13.4. The summed E-state index contributed by atoms with van der Waals surface area (Å²) in [7, 11) is 0. The van der Waals surface area contributed by atoms with Gasteiger partial charge in [-0.1, -0.05) is 0 Å². The fourth-order valence-corrected chi connectivity index (χ4v) is 4.57. The van der Waals surface area contributed by atoms with E-state index in [2.05, 4.69) is 25.0 Å². The van der Waals surface area contributed by atoms with Crippen LogP contribution in [0.25, 0.3) is 27.8 Å². The number of ether oxygens (including phenoxy) is 1. The molecule has 4 aromatic heterocycles. The molecule has 10 heteroatoms. The number of aromatic nitrogens is 5. The fourth-order valence-electron chi connectivity index (χ4n) is 4.57. The van der Waals surface area contributed by atoms with Gasteiger partial charge in [0, 0.05) is 47.7 Å². The fraction of sp³-hybridized carbons (Fsp3) is 0.333. The van der Waals surface area contributed by atoms with Gasteiger partial charge >= 0.3 is 0 Å². The number of alkyl halides is 2. The third-order valence-electron chi connectivity index (χ3n) is 6.02. The number of hydrogen-bond acceptors (Lipinski definition) is 7. The maximum Gasteiger partial charge on any atom is 0.281 e. The molecule has 2 saturated heterocycles. The molecule has 0 saturated carbocycles. The van der Waals surface area contributed by atoms with Crippen molar-refractivity contribution >= 4 is 27.9 Å². The minimum atomic E-state index is -2.72. The second-order valence-corrected chi connectivity index (χ2v) is 8.10. The summed E-state index contributed by atoms with van der Waals surface area (Å²) in [5.41, 5.74) is 7.72. The first-order valence-electron chi connectivity index (χ1n) is 10.1. The highest BCUT2D eigenvalue weighted by Gasteiger charge is 2.34. The van der Waals surface area contributed by atoms with Gasteiger partial charge in [0.15, 0.2) is 11.5 Å². The van der Waals surface area contributed by atoms with E-state index in [-0.39, 0.29) is 23.0 Å². The average Bonchev–Trinajstić information content (AvgIpc) is 3.34. The number of fused-ring (bicyclic) bond motifs is 4. The van der Waals surface area contributed by atoms with E-state index >= 15 is 0 Å². The van der Waals surface area contributed by atoms with Crippen molar-refractivity contribution in [2.24, 2.45) is 5.92 Å². The lowest BCUT2D eigenvalue weighted by atomic mass is 10.00. The van der Waals surface area contributed by atoms with E-state index in [1.54, 1.807) is 10.6 Å². The molecule has 2 aliphatic rings. The van der Waals surface area contributed by atoms with Crippen molar-refractivity contribution in [2.75, 3.05) is 30.3 Å². The van der Waals surface area contributed by atoms with Crippen LogP contribution in [0.4, 0.5) is 20.3 Å². The number of halogens is 2. The van der Waals surface area contributed by atoms with Crippen LogP contribution in [0.2, 0.25) is 0 Å². The van der Waals surface area contributed by atoms with Gasteiger partial charge in [0.2, 0.25) is 0 Å². The Bertz CT molecular complexity index is 1300. The zero-order valence-electron chi connectivity index (χ0n) is 16.4. The van der Waals surface area contributed by atoms with Crippen LogP contribution >= 0.6 is 0 Å². The molecule has 0 radical (unpaired) electrons. The molecule has 0 aromatic carbocycles. The predicted octanol–water partition coefficient (Wildman–Crippen LogP) is 3.08. The highest BCUT2D eigenvalue weighted by atomic mass is 19.3. The number of piperidine rings is 1. The van der Waals surface area contributed by atoms with Gasteiger partial charge in [0.1, 0.15) is 11.5 Å². The Morgan fingerprint density at radius 3 is 2.87 bits per heavy atom. The van der Waals surface area contributed by atoms with Gasteiger partial charge in [-0.25, -0.2) is 23.3 Å². The summed E-state index contributed by atoms with van der Waals surface area (Å²) in [5.74, 6) is 1.18. The number of nitrogens with two attached hydrogens (primary N) is 1. The number of anilines is 2. The Labute approximate surface area is 175 Å². The number of nitrogen functional groups attached to an aromatic ring is 1. The number of hydrogen-bond donors (Lipinski definition) is 1. The van der Waals surface area contributed by atoms with E-state index in [4.69, 9.17) is 10.5 Å². The largest absolute Gasteiger partial charge is 0.384 e. The van der Waals surface area contributed by atoms with Gasteiger partial charge in [0.05, 0.1) is 24.6 Å². The smallest absolute Gasteiger partial charge is 0.281 e. The Kier molecular flexibility index (Phi) is 4.04. The van der Waals surface area contributed by atoms with E-state index < -0.39 is 6.43 Å². The first-order chi connectivity index (χ1) is 15.0. The Morgan fingerprint density at radius 2 is 2.03 bits per heavy atom. The van der Waals surface area contributed by atoms with E-state index in [1.807, 2.05) is 18.3 Å². The van der Waals surface area contributed by atoms with E-state index in [0.29, 0.717) is 28.3 Å². The second-order valence-electron chi connectivity index (χ2n) is 8.10. The standard InChI is InChI=1S/C21H19F2N7O/c22-20(23)19-15-5-25-17(24)4-14(15)16(6-26-19)21-27-18-2-1-12(8-30(18)28-21)29-7-11-3-13(9-29)31-10-11/h1-2,4-6,8,11,13,20H,3,7,9-10H2,(H2,24,25)/t11?,13-/m0/s1. The molecule has 0 amide bonds. The van der Waals surface area contributed by atoms with Crippen LogP contribution in [0, 0.1) is 5.92 Å². The summed E-state index contributed by atoms with van der Waals surface area (Å²) < 4.78 is 34.3. The normalized spacial score (nSPS) is 20.9. The number of rotatable bonds is 3. The molecule has 0 aliphatic carbocycles. The second kappa shape index (κ2) is 6.81. The summed E-state index contributed by atoms with van der Waals surface area (Å²) in [6.07, 6.45) is 3.32. The zero-order chi connectivity index (χ0) is 21.1. The molecule has 0 spiro atoms. The molecular weight excluding hydrogens is 404 g/mol. The van der Waals surface area contributed by atoms with E-state index in [1.165, 1.54) is 12.4 Å². The third-order valence-corrected chi connectivity index (χ3v) is 6.02. The predicted molar refractivity (Wildman–Crippen MR) is 111 cm³/mol. The Hall–Kier alpha value is -3.40. The molecule has 8 nitrogen and oxygen atoms in total. The van der Waals surface area contributed by atoms with Crippen molar-refractivity contribution in [3.63, 3.8) is 0 Å². The van der Waals surface area contributed by atoms with Crippen LogP contribution in [0.15, 0.2) is 36.8 Å². The lowest BCUT2D eigenvalue weighted by molar-refractivity contribution is 0.119. The van der Waals surface area contributed by atoms with Crippen molar-refractivity contribution < 1.29 is 13.5 Å². The lowest BCUT2D eigenvalue weighted by Gasteiger charge is -2.31. The molecule has 6 heterocycles. The number of pyridine rings is 3. The van der Waals surface area contributed by atoms with Gasteiger partial charge in [-0.2, -0.15) is 0 Å². The molecule has 2 fully saturated rings. The SMILES string of the molecule is Nc1cc2c(-c3nc4ccc(N5CC6CO[C@@H](C6)C5)cn4n3)cnc(C(F)F)c2cn1. The van der Waals surface area contributed by atoms with E-state index in [9.17, 15) is 8.78 Å². The Morgan fingerprint density at radius 1 is 1.13 bits per heavy atom. The van der Waals surface area contributed by atoms with Crippen molar-refractivity contribution in [3.05, 3.63) is 42.5 Å². The molecule has 4 aromatic rings. The molecule has 31 heavy (non-hydrogen) atoms. The highest BCUT2D eigenvalue weighted by molar-refractivity contribution is 5.97. The summed E-state index contributed by atoms with van der Waals surface area (Å²) in [6.45, 7) is 2.64. The topological polar surface area (TPSA) is 94.5 Å². The summed E-state index contributed by atoms with van der Waals surface area (Å²) in [6, 6.07) is 5.48. The van der Waals surface area contributed by atoms with E-state index in [0.717, 1.165) is 31.8 Å². The number of nitrogens with zero attached hydrogens (tertiary/aromatic N) is 6. The van der Waals surface area contributed by atoms with Crippen molar-refractivity contribution in [1.82, 2.24) is 24.6 Å². The van der Waals surface area contributed by atoms with Gasteiger partial charge in [0.25, 0.3) is 6.43 Å². The first-order valence-corrected chi connectivity index (χ1v) is 10.1. The lowest BCUT2D eigenvalue weighted by Crippen LogP contribution is -2.39. The molecule has 6 rings (SSSR count). The summed E-state index contributed by atoms with van der Waals surface area (Å²) >= 11 is 0. The molecule has 1 unspecified atom stereocenters. The van der Waals surface area contributed by atoms with Crippen molar-refractivity contribution in [2.45, 2.75) is 19.0 Å². The third kappa shape index (κ3) is 3.05. The molecule has 2 atom stereocenters. The summed E-state index contributed by atoms with van der Waals surface area (Å²) in [5, 5.41) is 5.34. The van der Waals surface area contributed by atoms with Crippen LogP contribution in [0.3, 0.4) is 0 Å². The van der Waals surface area contributed by atoms with Crippen LogP contribution in [-0.2, 0) is 4.74 Å². The molecule has 2 N–H and O–H groups in total. The van der Waals surface area contributed by atoms with Gasteiger partial charge < -0.3 is 15.4 Å². The minimum absolute atomic E-state index is 0.230. The minimum Gasteiger partial charge on any atom is -0.384 e.